The average molecular weight is 272 g/mol. The molecule has 0 aliphatic rings. The minimum Gasteiger partial charge on any atom is -0.504 e. The normalized spacial score (nSPS) is 12.1. The van der Waals surface area contributed by atoms with Crippen molar-refractivity contribution < 1.29 is 9.84 Å². The Balaban J connectivity index is 1.98. The van der Waals surface area contributed by atoms with Crippen LogP contribution in [0.5, 0.6) is 11.5 Å². The lowest BCUT2D eigenvalue weighted by atomic mass is 10.1. The zero-order chi connectivity index (χ0) is 14.4. The van der Waals surface area contributed by atoms with Crippen molar-refractivity contribution in [3.63, 3.8) is 0 Å². The second kappa shape index (κ2) is 6.91. The van der Waals surface area contributed by atoms with Gasteiger partial charge < -0.3 is 15.2 Å². The second-order valence-corrected chi connectivity index (χ2v) is 4.62. The minimum atomic E-state index is 0.179. The molecule has 2 N–H and O–H groups in total. The second-order valence-electron chi connectivity index (χ2n) is 4.62. The Bertz CT molecular complexity index is 543. The molecule has 2 aromatic rings. The van der Waals surface area contributed by atoms with Crippen LogP contribution in [0.1, 0.15) is 31.0 Å². The number of hydrogen-bond acceptors (Lipinski definition) is 4. The first-order valence-corrected chi connectivity index (χ1v) is 6.78. The number of benzene rings is 1. The molecule has 0 radical (unpaired) electrons. The predicted octanol–water partition coefficient (Wildman–Crippen LogP) is 3.04. The van der Waals surface area contributed by atoms with Crippen molar-refractivity contribution in [1.29, 1.82) is 0 Å². The van der Waals surface area contributed by atoms with Gasteiger partial charge >= 0.3 is 0 Å². The van der Waals surface area contributed by atoms with Gasteiger partial charge in [0.1, 0.15) is 0 Å². The third kappa shape index (κ3) is 3.71. The van der Waals surface area contributed by atoms with Gasteiger partial charge in [0, 0.05) is 25.0 Å². The smallest absolute Gasteiger partial charge is 0.161 e. The predicted molar refractivity (Wildman–Crippen MR) is 78.8 cm³/mol. The number of nitrogens with one attached hydrogen (secondary N) is 1. The van der Waals surface area contributed by atoms with E-state index in [2.05, 4.69) is 17.2 Å². The number of nitrogens with zero attached hydrogens (tertiary/aromatic N) is 1. The van der Waals surface area contributed by atoms with Crippen molar-refractivity contribution in [2.75, 3.05) is 6.61 Å². The molecule has 0 amide bonds. The highest BCUT2D eigenvalue weighted by Gasteiger charge is 2.06. The summed E-state index contributed by atoms with van der Waals surface area (Å²) < 4.78 is 5.38. The molecule has 0 saturated heterocycles. The molecule has 2 rings (SSSR count). The maximum atomic E-state index is 9.67. The van der Waals surface area contributed by atoms with E-state index in [1.165, 1.54) is 5.56 Å². The fraction of sp³-hybridized carbons (Fsp3) is 0.312. The van der Waals surface area contributed by atoms with Crippen LogP contribution in [0.3, 0.4) is 0 Å². The standard InChI is InChI=1S/C16H20N2O2/c1-3-20-16-10-13(4-5-15(16)19)11-18-12(2)14-6-8-17-9-7-14/h4-10,12,18-19H,3,11H2,1-2H3/t12-/m0/s1. The van der Waals surface area contributed by atoms with Crippen LogP contribution in [-0.4, -0.2) is 16.7 Å². The third-order valence-corrected chi connectivity index (χ3v) is 3.14. The van der Waals surface area contributed by atoms with Crippen molar-refractivity contribution in [3.8, 4) is 11.5 Å². The molecule has 106 valence electrons. The van der Waals surface area contributed by atoms with Gasteiger partial charge in [-0.1, -0.05) is 6.07 Å². The SMILES string of the molecule is CCOc1cc(CN[C@@H](C)c2ccncc2)ccc1O. The summed E-state index contributed by atoms with van der Waals surface area (Å²) in [7, 11) is 0. The van der Waals surface area contributed by atoms with E-state index in [0.717, 1.165) is 5.56 Å². The van der Waals surface area contributed by atoms with Crippen molar-refractivity contribution in [3.05, 3.63) is 53.9 Å². The van der Waals surface area contributed by atoms with Crippen LogP contribution < -0.4 is 10.1 Å². The molecule has 0 unspecified atom stereocenters. The van der Waals surface area contributed by atoms with Gasteiger partial charge in [0.05, 0.1) is 6.61 Å². The zero-order valence-corrected chi connectivity index (χ0v) is 11.8. The zero-order valence-electron chi connectivity index (χ0n) is 11.8. The van der Waals surface area contributed by atoms with E-state index in [1.54, 1.807) is 18.5 Å². The van der Waals surface area contributed by atoms with Crippen molar-refractivity contribution in [2.24, 2.45) is 0 Å². The molecule has 1 aromatic heterocycles. The van der Waals surface area contributed by atoms with E-state index in [9.17, 15) is 5.11 Å². The van der Waals surface area contributed by atoms with Gasteiger partial charge in [-0.25, -0.2) is 0 Å². The summed E-state index contributed by atoms with van der Waals surface area (Å²) in [4.78, 5) is 4.02. The monoisotopic (exact) mass is 272 g/mol. The number of pyridine rings is 1. The van der Waals surface area contributed by atoms with Gasteiger partial charge in [0.25, 0.3) is 0 Å². The summed E-state index contributed by atoms with van der Waals surface area (Å²) in [6.07, 6.45) is 3.59. The molecule has 1 atom stereocenters. The molecule has 1 aromatic carbocycles. The van der Waals surface area contributed by atoms with E-state index >= 15 is 0 Å². The Morgan fingerprint density at radius 1 is 1.25 bits per heavy atom. The molecular formula is C16H20N2O2. The van der Waals surface area contributed by atoms with E-state index in [1.807, 2.05) is 31.2 Å². The van der Waals surface area contributed by atoms with Crippen LogP contribution in [0.4, 0.5) is 0 Å². The maximum absolute atomic E-state index is 9.67. The number of phenols is 1. The Labute approximate surface area is 119 Å². The average Bonchev–Trinajstić information content (AvgIpc) is 2.49. The Morgan fingerprint density at radius 3 is 2.70 bits per heavy atom. The van der Waals surface area contributed by atoms with Gasteiger partial charge in [-0.05, 0) is 49.2 Å². The van der Waals surface area contributed by atoms with Crippen LogP contribution in [-0.2, 0) is 6.54 Å². The van der Waals surface area contributed by atoms with Crippen LogP contribution in [0.15, 0.2) is 42.7 Å². The fourth-order valence-electron chi connectivity index (χ4n) is 1.98. The largest absolute Gasteiger partial charge is 0.504 e. The number of aromatic nitrogens is 1. The van der Waals surface area contributed by atoms with E-state index in [4.69, 9.17) is 4.74 Å². The molecule has 1 heterocycles. The van der Waals surface area contributed by atoms with Gasteiger partial charge in [-0.3, -0.25) is 4.98 Å². The Morgan fingerprint density at radius 2 is 2.00 bits per heavy atom. The Hall–Kier alpha value is -2.07. The number of aromatic hydroxyl groups is 1. The third-order valence-electron chi connectivity index (χ3n) is 3.14. The highest BCUT2D eigenvalue weighted by Crippen LogP contribution is 2.27. The number of rotatable bonds is 6. The molecule has 0 saturated carbocycles. The molecular weight excluding hydrogens is 252 g/mol. The summed E-state index contributed by atoms with van der Waals surface area (Å²) in [5, 5.41) is 13.1. The van der Waals surface area contributed by atoms with E-state index in [-0.39, 0.29) is 11.8 Å². The summed E-state index contributed by atoms with van der Waals surface area (Å²) in [6.45, 7) is 5.26. The highest BCUT2D eigenvalue weighted by molar-refractivity contribution is 5.41. The van der Waals surface area contributed by atoms with Crippen LogP contribution in [0.25, 0.3) is 0 Å². The number of ether oxygens (including phenoxy) is 1. The van der Waals surface area contributed by atoms with Crippen molar-refractivity contribution >= 4 is 0 Å². The van der Waals surface area contributed by atoms with Gasteiger partial charge in [0.15, 0.2) is 11.5 Å². The maximum Gasteiger partial charge on any atom is 0.161 e. The highest BCUT2D eigenvalue weighted by atomic mass is 16.5. The first kappa shape index (κ1) is 14.3. The summed E-state index contributed by atoms with van der Waals surface area (Å²) in [5.41, 5.74) is 2.27. The first-order chi connectivity index (χ1) is 9.70. The molecule has 20 heavy (non-hydrogen) atoms. The summed E-state index contributed by atoms with van der Waals surface area (Å²) in [6, 6.07) is 9.66. The lowest BCUT2D eigenvalue weighted by molar-refractivity contribution is 0.317. The number of hydrogen-bond donors (Lipinski definition) is 2. The first-order valence-electron chi connectivity index (χ1n) is 6.78. The molecule has 0 fully saturated rings. The lowest BCUT2D eigenvalue weighted by Crippen LogP contribution is -2.18. The fourth-order valence-corrected chi connectivity index (χ4v) is 1.98. The van der Waals surface area contributed by atoms with Crippen molar-refractivity contribution in [2.45, 2.75) is 26.4 Å². The van der Waals surface area contributed by atoms with Crippen LogP contribution in [0, 0.1) is 0 Å². The lowest BCUT2D eigenvalue weighted by Gasteiger charge is -2.15. The summed E-state index contributed by atoms with van der Waals surface area (Å²) in [5.74, 6) is 0.709. The molecule has 4 nitrogen and oxygen atoms in total. The minimum absolute atomic E-state index is 0.179. The van der Waals surface area contributed by atoms with E-state index < -0.39 is 0 Å². The molecule has 0 aliphatic heterocycles. The van der Waals surface area contributed by atoms with E-state index in [0.29, 0.717) is 18.9 Å². The van der Waals surface area contributed by atoms with Crippen LogP contribution >= 0.6 is 0 Å². The Kier molecular flexibility index (Phi) is 4.96. The van der Waals surface area contributed by atoms with Crippen molar-refractivity contribution in [1.82, 2.24) is 10.3 Å². The van der Waals surface area contributed by atoms with Gasteiger partial charge in [0.2, 0.25) is 0 Å². The van der Waals surface area contributed by atoms with Gasteiger partial charge in [-0.15, -0.1) is 0 Å². The quantitative estimate of drug-likeness (QED) is 0.848. The molecule has 0 aliphatic carbocycles. The molecule has 4 heteroatoms. The molecule has 0 bridgehead atoms. The van der Waals surface area contributed by atoms with Crippen LogP contribution in [0.2, 0.25) is 0 Å². The van der Waals surface area contributed by atoms with Gasteiger partial charge in [-0.2, -0.15) is 0 Å². The summed E-state index contributed by atoms with van der Waals surface area (Å²) >= 11 is 0. The number of phenolic OH excluding ortho intramolecular Hbond substituents is 1. The topological polar surface area (TPSA) is 54.4 Å². The molecule has 0 spiro atoms.